The quantitative estimate of drug-likeness (QED) is 0.472. The van der Waals surface area contributed by atoms with Gasteiger partial charge in [0.1, 0.15) is 30.2 Å². The van der Waals surface area contributed by atoms with Crippen molar-refractivity contribution >= 4 is 24.7 Å². The average Bonchev–Trinajstić information content (AvgIpc) is 3.16. The number of aliphatic hydroxyl groups excluding tert-OH is 1. The third-order valence-electron chi connectivity index (χ3n) is 4.09. The van der Waals surface area contributed by atoms with Gasteiger partial charge < -0.3 is 21.3 Å². The first kappa shape index (κ1) is 16.8. The fourth-order valence-electron chi connectivity index (χ4n) is 2.92. The van der Waals surface area contributed by atoms with Crippen LogP contribution in [0.3, 0.4) is 0 Å². The van der Waals surface area contributed by atoms with E-state index in [2.05, 4.69) is 20.0 Å². The van der Waals surface area contributed by atoms with Gasteiger partial charge in [0, 0.05) is 13.1 Å². The highest BCUT2D eigenvalue weighted by molar-refractivity contribution is 7.51. The number of anilines is 1. The Kier molecular flexibility index (Phi) is 4.20. The average molecular weight is 371 g/mol. The molecule has 0 bridgehead atoms. The van der Waals surface area contributed by atoms with Crippen LogP contribution in [0.5, 0.6) is 0 Å². The van der Waals surface area contributed by atoms with Crippen LogP contribution in [0.25, 0.3) is 11.2 Å². The van der Waals surface area contributed by atoms with Crippen molar-refractivity contribution in [3.05, 3.63) is 12.7 Å². The minimum absolute atomic E-state index is 0.0107. The second kappa shape index (κ2) is 6.25. The molecule has 4 rings (SSSR count). The lowest BCUT2D eigenvalue weighted by Gasteiger charge is -2.31. The van der Waals surface area contributed by atoms with Crippen LogP contribution >= 0.6 is 7.75 Å². The summed E-state index contributed by atoms with van der Waals surface area (Å²) in [7, 11) is -3.54. The molecule has 0 saturated carbocycles. The Morgan fingerprint density at radius 1 is 1.44 bits per heavy atom. The predicted octanol–water partition coefficient (Wildman–Crippen LogP) is -1.26. The molecule has 136 valence electrons. The number of aliphatic hydroxyl groups is 1. The van der Waals surface area contributed by atoms with Crippen molar-refractivity contribution in [2.45, 2.75) is 24.5 Å². The zero-order valence-corrected chi connectivity index (χ0v) is 14.0. The number of hydrogen-bond donors (Lipinski definition) is 4. The van der Waals surface area contributed by atoms with Gasteiger partial charge in [-0.3, -0.25) is 13.6 Å². The second-order valence-corrected chi connectivity index (χ2v) is 7.48. The Hall–Kier alpha value is -1.66. The lowest BCUT2D eigenvalue weighted by atomic mass is 10.1. The minimum Gasteiger partial charge on any atom is -0.386 e. The monoisotopic (exact) mass is 371 g/mol. The molecule has 0 amide bonds. The molecule has 2 aliphatic rings. The number of nitrogens with one attached hydrogen (secondary N) is 1. The molecule has 1 unspecified atom stereocenters. The van der Waals surface area contributed by atoms with Crippen LogP contribution < -0.4 is 16.6 Å². The van der Waals surface area contributed by atoms with Crippen molar-refractivity contribution < 1.29 is 23.5 Å². The SMILES string of the molecule is NCCNP1(=O)OC[C@H]2O[C@@H](n3cnc4c(N)ncnc43)[C@H](O)[C@@H]2O1. The summed E-state index contributed by atoms with van der Waals surface area (Å²) in [5, 5.41) is 13.3. The topological polar surface area (TPSA) is 173 Å². The molecule has 4 heterocycles. The molecule has 2 fully saturated rings. The standard InChI is InChI=1S/C12H18N7O5P/c13-1-2-18-25(21)22-3-6-9(24-25)8(20)12(23-6)19-5-17-7-10(14)15-4-16-11(7)19/h4-6,8-9,12,20H,1-3,13H2,(H,18,21)(H2,14,15,16)/t6-,8-,9-,12-,25?/m1/s1. The van der Waals surface area contributed by atoms with Crippen molar-refractivity contribution in [3.8, 4) is 0 Å². The zero-order chi connectivity index (χ0) is 17.6. The fourth-order valence-corrected chi connectivity index (χ4v) is 4.47. The first-order valence-corrected chi connectivity index (χ1v) is 9.21. The minimum atomic E-state index is -3.54. The number of rotatable bonds is 4. The Morgan fingerprint density at radius 2 is 2.28 bits per heavy atom. The van der Waals surface area contributed by atoms with Crippen LogP contribution in [-0.4, -0.2) is 62.6 Å². The van der Waals surface area contributed by atoms with E-state index in [0.29, 0.717) is 11.2 Å². The smallest absolute Gasteiger partial charge is 0.386 e. The first-order valence-electron chi connectivity index (χ1n) is 7.67. The molecule has 6 N–H and O–H groups in total. The van der Waals surface area contributed by atoms with E-state index in [1.54, 1.807) is 0 Å². The van der Waals surface area contributed by atoms with Gasteiger partial charge in [-0.1, -0.05) is 0 Å². The van der Waals surface area contributed by atoms with Gasteiger partial charge in [0.25, 0.3) is 0 Å². The molecule has 12 nitrogen and oxygen atoms in total. The summed E-state index contributed by atoms with van der Waals surface area (Å²) in [6.45, 7) is 0.545. The van der Waals surface area contributed by atoms with Crippen LogP contribution in [0.4, 0.5) is 5.82 Å². The highest BCUT2D eigenvalue weighted by atomic mass is 31.2. The van der Waals surface area contributed by atoms with Gasteiger partial charge in [-0.05, 0) is 0 Å². The Balaban J connectivity index is 1.60. The maximum Gasteiger partial charge on any atom is 0.406 e. The number of imidazole rings is 1. The van der Waals surface area contributed by atoms with Gasteiger partial charge in [0.15, 0.2) is 17.7 Å². The molecule has 2 aromatic heterocycles. The van der Waals surface area contributed by atoms with Crippen LogP contribution in [0, 0.1) is 0 Å². The molecular weight excluding hydrogens is 353 g/mol. The maximum atomic E-state index is 12.5. The predicted molar refractivity (Wildman–Crippen MR) is 85.1 cm³/mol. The van der Waals surface area contributed by atoms with E-state index in [0.717, 1.165) is 0 Å². The molecule has 5 atom stereocenters. The highest BCUT2D eigenvalue weighted by Crippen LogP contribution is 2.52. The lowest BCUT2D eigenvalue weighted by molar-refractivity contribution is -0.0595. The van der Waals surface area contributed by atoms with Crippen molar-refractivity contribution in [1.82, 2.24) is 24.6 Å². The molecule has 0 aromatic carbocycles. The van der Waals surface area contributed by atoms with E-state index in [1.807, 2.05) is 0 Å². The molecule has 2 aliphatic heterocycles. The van der Waals surface area contributed by atoms with Crippen LogP contribution in [-0.2, 0) is 18.3 Å². The van der Waals surface area contributed by atoms with Gasteiger partial charge in [-0.15, -0.1) is 0 Å². The summed E-state index contributed by atoms with van der Waals surface area (Å²) in [6.07, 6.45) is -0.595. The molecule has 2 aromatic rings. The van der Waals surface area contributed by atoms with E-state index in [9.17, 15) is 9.67 Å². The maximum absolute atomic E-state index is 12.5. The highest BCUT2D eigenvalue weighted by Gasteiger charge is 2.52. The third kappa shape index (κ3) is 2.81. The van der Waals surface area contributed by atoms with Crippen molar-refractivity contribution in [3.63, 3.8) is 0 Å². The summed E-state index contributed by atoms with van der Waals surface area (Å²) in [5.74, 6) is 0.226. The summed E-state index contributed by atoms with van der Waals surface area (Å²) in [6, 6.07) is 0. The van der Waals surface area contributed by atoms with Crippen molar-refractivity contribution in [1.29, 1.82) is 0 Å². The molecular formula is C12H18N7O5P. The third-order valence-corrected chi connectivity index (χ3v) is 5.71. The number of nitrogen functional groups attached to an aromatic ring is 1. The van der Waals surface area contributed by atoms with E-state index >= 15 is 0 Å². The van der Waals surface area contributed by atoms with Gasteiger partial charge in [0.05, 0.1) is 12.9 Å². The van der Waals surface area contributed by atoms with Gasteiger partial charge in [-0.25, -0.2) is 24.6 Å². The van der Waals surface area contributed by atoms with Gasteiger partial charge in [-0.2, -0.15) is 0 Å². The Bertz CT molecular complexity index is 831. The normalized spacial score (nSPS) is 35.1. The van der Waals surface area contributed by atoms with Gasteiger partial charge in [0.2, 0.25) is 0 Å². The molecule has 13 heteroatoms. The summed E-state index contributed by atoms with van der Waals surface area (Å²) < 4.78 is 30.6. The van der Waals surface area contributed by atoms with Crippen molar-refractivity contribution in [2.75, 3.05) is 25.4 Å². The lowest BCUT2D eigenvalue weighted by Crippen LogP contribution is -2.41. The number of hydrogen-bond acceptors (Lipinski definition) is 10. The number of ether oxygens (including phenoxy) is 1. The molecule has 25 heavy (non-hydrogen) atoms. The molecule has 0 aliphatic carbocycles. The van der Waals surface area contributed by atoms with E-state index in [-0.39, 0.29) is 25.5 Å². The van der Waals surface area contributed by atoms with E-state index < -0.39 is 32.3 Å². The van der Waals surface area contributed by atoms with Crippen LogP contribution in [0.2, 0.25) is 0 Å². The fraction of sp³-hybridized carbons (Fsp3) is 0.583. The Labute approximate surface area is 142 Å². The van der Waals surface area contributed by atoms with E-state index in [1.165, 1.54) is 17.2 Å². The number of nitrogens with zero attached hydrogens (tertiary/aromatic N) is 4. The number of aromatic nitrogens is 4. The second-order valence-electron chi connectivity index (χ2n) is 5.70. The first-order chi connectivity index (χ1) is 12.0. The summed E-state index contributed by atoms with van der Waals surface area (Å²) in [4.78, 5) is 12.2. The van der Waals surface area contributed by atoms with Crippen LogP contribution in [0.1, 0.15) is 6.23 Å². The number of fused-ring (bicyclic) bond motifs is 2. The molecule has 0 radical (unpaired) electrons. The summed E-state index contributed by atoms with van der Waals surface area (Å²) in [5.41, 5.74) is 12.0. The Morgan fingerprint density at radius 3 is 3.08 bits per heavy atom. The summed E-state index contributed by atoms with van der Waals surface area (Å²) >= 11 is 0. The zero-order valence-electron chi connectivity index (χ0n) is 13.1. The number of nitrogens with two attached hydrogens (primary N) is 2. The van der Waals surface area contributed by atoms with Gasteiger partial charge >= 0.3 is 7.75 Å². The largest absolute Gasteiger partial charge is 0.406 e. The van der Waals surface area contributed by atoms with Crippen molar-refractivity contribution in [2.24, 2.45) is 5.73 Å². The molecule has 0 spiro atoms. The molecule has 2 saturated heterocycles. The van der Waals surface area contributed by atoms with E-state index in [4.69, 9.17) is 25.3 Å². The van der Waals surface area contributed by atoms with Crippen LogP contribution in [0.15, 0.2) is 12.7 Å².